The van der Waals surface area contributed by atoms with Gasteiger partial charge in [0.05, 0.1) is 31.2 Å². The van der Waals surface area contributed by atoms with Gasteiger partial charge in [0.15, 0.2) is 23.0 Å². The number of esters is 1. The van der Waals surface area contributed by atoms with Gasteiger partial charge in [0.1, 0.15) is 6.61 Å². The number of thioether (sulfide) groups is 1. The predicted molar refractivity (Wildman–Crippen MR) is 141 cm³/mol. The molecule has 0 aromatic heterocycles. The fourth-order valence-electron chi connectivity index (χ4n) is 3.44. The van der Waals surface area contributed by atoms with E-state index in [9.17, 15) is 14.4 Å². The summed E-state index contributed by atoms with van der Waals surface area (Å²) in [5.74, 6) is 0.549. The maximum atomic E-state index is 12.9. The number of ether oxygens (including phenoxy) is 4. The number of imide groups is 1. The van der Waals surface area contributed by atoms with Crippen LogP contribution in [-0.4, -0.2) is 49.4 Å². The van der Waals surface area contributed by atoms with Crippen molar-refractivity contribution < 1.29 is 33.3 Å². The van der Waals surface area contributed by atoms with Crippen LogP contribution in [0.4, 0.5) is 4.79 Å². The summed E-state index contributed by atoms with van der Waals surface area (Å²) in [6.07, 6.45) is 1.56. The summed E-state index contributed by atoms with van der Waals surface area (Å²) in [6.45, 7) is 0.186. The Morgan fingerprint density at radius 2 is 1.59 bits per heavy atom. The molecule has 0 radical (unpaired) electrons. The zero-order valence-corrected chi connectivity index (χ0v) is 21.5. The second-order valence-electron chi connectivity index (χ2n) is 7.64. The lowest BCUT2D eigenvalue weighted by Crippen LogP contribution is -2.32. The predicted octanol–water partition coefficient (Wildman–Crippen LogP) is 5.69. The number of benzene rings is 3. The Labute approximate surface area is 222 Å². The third-order valence-corrected chi connectivity index (χ3v) is 6.44. The van der Waals surface area contributed by atoms with E-state index in [4.69, 9.17) is 30.5 Å². The number of carbonyl (C=O) groups excluding carboxylic acids is 3. The molecule has 190 valence electrons. The van der Waals surface area contributed by atoms with Gasteiger partial charge in [-0.15, -0.1) is 0 Å². The van der Waals surface area contributed by atoms with Crippen LogP contribution in [0.25, 0.3) is 6.08 Å². The van der Waals surface area contributed by atoms with E-state index >= 15 is 0 Å². The van der Waals surface area contributed by atoms with E-state index in [1.54, 1.807) is 66.7 Å². The van der Waals surface area contributed by atoms with Crippen LogP contribution in [0.3, 0.4) is 0 Å². The van der Waals surface area contributed by atoms with Gasteiger partial charge in [0.25, 0.3) is 11.1 Å². The molecule has 0 aliphatic carbocycles. The van der Waals surface area contributed by atoms with E-state index in [2.05, 4.69) is 0 Å². The molecule has 37 heavy (non-hydrogen) atoms. The maximum Gasteiger partial charge on any atom is 0.343 e. The molecule has 0 N–H and O–H groups in total. The molecule has 0 bridgehead atoms. The number of para-hydroxylation sites is 2. The summed E-state index contributed by atoms with van der Waals surface area (Å²) < 4.78 is 21.8. The zero-order chi connectivity index (χ0) is 26.4. The van der Waals surface area contributed by atoms with E-state index in [0.29, 0.717) is 33.4 Å². The third kappa shape index (κ3) is 6.25. The van der Waals surface area contributed by atoms with Crippen molar-refractivity contribution >= 4 is 46.6 Å². The van der Waals surface area contributed by atoms with Crippen LogP contribution >= 0.6 is 23.4 Å². The first-order chi connectivity index (χ1) is 17.9. The SMILES string of the molecule is COc1ccccc1OCCN1C(=O)S/C(=C\c2ccc(OC)c(OC(=O)c3ccc(Cl)cc3)c2)C1=O. The van der Waals surface area contributed by atoms with Crippen molar-refractivity contribution in [2.75, 3.05) is 27.4 Å². The number of hydrogen-bond acceptors (Lipinski definition) is 8. The first-order valence-electron chi connectivity index (χ1n) is 11.1. The van der Waals surface area contributed by atoms with Gasteiger partial charge in [0, 0.05) is 5.02 Å². The van der Waals surface area contributed by atoms with E-state index < -0.39 is 17.1 Å². The Balaban J connectivity index is 1.45. The van der Waals surface area contributed by atoms with Gasteiger partial charge in [-0.2, -0.15) is 0 Å². The summed E-state index contributed by atoms with van der Waals surface area (Å²) in [6, 6.07) is 18.3. The molecular weight excluding hydrogens is 518 g/mol. The summed E-state index contributed by atoms with van der Waals surface area (Å²) in [4.78, 5) is 39.3. The Hall–Kier alpha value is -3.95. The van der Waals surface area contributed by atoms with E-state index in [1.807, 2.05) is 6.07 Å². The summed E-state index contributed by atoms with van der Waals surface area (Å²) >= 11 is 6.70. The van der Waals surface area contributed by atoms with E-state index in [-0.39, 0.29) is 23.8 Å². The molecule has 0 saturated carbocycles. The number of halogens is 1. The Bertz CT molecular complexity index is 1360. The Morgan fingerprint density at radius 1 is 0.919 bits per heavy atom. The van der Waals surface area contributed by atoms with Gasteiger partial charge in [-0.25, -0.2) is 4.79 Å². The van der Waals surface area contributed by atoms with Crippen molar-refractivity contribution in [3.8, 4) is 23.0 Å². The number of rotatable bonds is 9. The quantitative estimate of drug-likeness (QED) is 0.194. The summed E-state index contributed by atoms with van der Waals surface area (Å²) in [5.41, 5.74) is 0.865. The van der Waals surface area contributed by atoms with Crippen molar-refractivity contribution in [3.63, 3.8) is 0 Å². The van der Waals surface area contributed by atoms with Crippen LogP contribution in [0.15, 0.2) is 71.6 Å². The van der Waals surface area contributed by atoms with Gasteiger partial charge in [-0.3, -0.25) is 14.5 Å². The lowest BCUT2D eigenvalue weighted by atomic mass is 10.1. The smallest absolute Gasteiger partial charge is 0.343 e. The normalized spacial score (nSPS) is 14.1. The Kier molecular flexibility index (Phi) is 8.37. The molecule has 0 spiro atoms. The summed E-state index contributed by atoms with van der Waals surface area (Å²) in [7, 11) is 2.99. The second-order valence-corrected chi connectivity index (χ2v) is 9.07. The first-order valence-corrected chi connectivity index (χ1v) is 12.3. The molecule has 10 heteroatoms. The molecular formula is C27H22ClNO7S. The minimum absolute atomic E-state index is 0.0760. The average Bonchev–Trinajstić information content (AvgIpc) is 3.16. The van der Waals surface area contributed by atoms with E-state index in [0.717, 1.165) is 16.7 Å². The number of amides is 2. The number of carbonyl (C=O) groups is 3. The molecule has 1 fully saturated rings. The molecule has 1 saturated heterocycles. The molecule has 0 unspecified atom stereocenters. The maximum absolute atomic E-state index is 12.9. The molecule has 4 rings (SSSR count). The zero-order valence-electron chi connectivity index (χ0n) is 19.9. The highest BCUT2D eigenvalue weighted by atomic mass is 35.5. The minimum atomic E-state index is -0.595. The Morgan fingerprint density at radius 3 is 2.30 bits per heavy atom. The molecule has 1 aliphatic rings. The van der Waals surface area contributed by atoms with Crippen molar-refractivity contribution in [2.24, 2.45) is 0 Å². The standard InChI is InChI=1S/C27H22ClNO7S/c1-33-20-5-3-4-6-22(20)35-14-13-29-25(30)24(37-27(29)32)16-17-7-12-21(34-2)23(15-17)36-26(31)18-8-10-19(28)11-9-18/h3-12,15-16H,13-14H2,1-2H3/b24-16-. The molecule has 3 aromatic carbocycles. The molecule has 8 nitrogen and oxygen atoms in total. The lowest BCUT2D eigenvalue weighted by molar-refractivity contribution is -0.123. The molecule has 2 amide bonds. The minimum Gasteiger partial charge on any atom is -0.493 e. The fourth-order valence-corrected chi connectivity index (χ4v) is 4.43. The van der Waals surface area contributed by atoms with Crippen LogP contribution in [-0.2, 0) is 4.79 Å². The molecule has 3 aromatic rings. The lowest BCUT2D eigenvalue weighted by Gasteiger charge is -2.14. The highest BCUT2D eigenvalue weighted by molar-refractivity contribution is 8.18. The molecule has 1 aliphatic heterocycles. The van der Waals surface area contributed by atoms with Gasteiger partial charge >= 0.3 is 5.97 Å². The fraction of sp³-hybridized carbons (Fsp3) is 0.148. The van der Waals surface area contributed by atoms with Crippen LogP contribution in [0, 0.1) is 0 Å². The van der Waals surface area contributed by atoms with Crippen LogP contribution in [0.2, 0.25) is 5.02 Å². The van der Waals surface area contributed by atoms with Crippen molar-refractivity contribution in [3.05, 3.63) is 87.8 Å². The van der Waals surface area contributed by atoms with Crippen molar-refractivity contribution in [1.82, 2.24) is 4.90 Å². The van der Waals surface area contributed by atoms with Gasteiger partial charge in [-0.05, 0) is 71.9 Å². The average molecular weight is 540 g/mol. The third-order valence-electron chi connectivity index (χ3n) is 5.28. The largest absolute Gasteiger partial charge is 0.493 e. The highest BCUT2D eigenvalue weighted by Gasteiger charge is 2.35. The second kappa shape index (κ2) is 11.9. The van der Waals surface area contributed by atoms with Crippen LogP contribution < -0.4 is 18.9 Å². The summed E-state index contributed by atoms with van der Waals surface area (Å²) in [5, 5.41) is 0.0965. The highest BCUT2D eigenvalue weighted by Crippen LogP contribution is 2.35. The van der Waals surface area contributed by atoms with Crippen molar-refractivity contribution in [1.29, 1.82) is 0 Å². The van der Waals surface area contributed by atoms with Crippen LogP contribution in [0.5, 0.6) is 23.0 Å². The first kappa shape index (κ1) is 26.1. The van der Waals surface area contributed by atoms with Crippen molar-refractivity contribution in [2.45, 2.75) is 0 Å². The molecule has 0 atom stereocenters. The number of nitrogens with zero attached hydrogens (tertiary/aromatic N) is 1. The monoisotopic (exact) mass is 539 g/mol. The topological polar surface area (TPSA) is 91.4 Å². The number of hydrogen-bond donors (Lipinski definition) is 0. The van der Waals surface area contributed by atoms with Gasteiger partial charge in [0.2, 0.25) is 0 Å². The van der Waals surface area contributed by atoms with Crippen LogP contribution in [0.1, 0.15) is 15.9 Å². The number of methoxy groups -OCH3 is 2. The van der Waals surface area contributed by atoms with Gasteiger partial charge in [-0.1, -0.05) is 29.8 Å². The van der Waals surface area contributed by atoms with E-state index in [1.165, 1.54) is 14.2 Å². The van der Waals surface area contributed by atoms with Gasteiger partial charge < -0.3 is 18.9 Å². The molecule has 1 heterocycles.